The first kappa shape index (κ1) is 20.7. The van der Waals surface area contributed by atoms with Gasteiger partial charge in [-0.05, 0) is 72.5 Å². The van der Waals surface area contributed by atoms with Crippen molar-refractivity contribution in [3.8, 4) is 10.4 Å². The molecule has 1 saturated heterocycles. The van der Waals surface area contributed by atoms with E-state index in [9.17, 15) is 4.79 Å². The standard InChI is InChI=1S/C27H27N3OS/c31-27(29-15-8-20-11-16-30(17-12-20)24-9-13-28-14-10-24)23-6-3-5-21(18-23)26-19-22-4-1-2-7-25(22)32-26/h1-7,9-10,13-14,18-20H,8,11-12,15-17H2,(H,29,31). The van der Waals surface area contributed by atoms with Crippen molar-refractivity contribution in [3.05, 3.63) is 84.7 Å². The molecule has 2 aromatic heterocycles. The highest BCUT2D eigenvalue weighted by atomic mass is 32.1. The minimum atomic E-state index is 0.0159. The van der Waals surface area contributed by atoms with Gasteiger partial charge >= 0.3 is 0 Å². The van der Waals surface area contributed by atoms with Crippen molar-refractivity contribution in [1.29, 1.82) is 0 Å². The summed E-state index contributed by atoms with van der Waals surface area (Å²) in [5.74, 6) is 0.681. The molecule has 162 valence electrons. The molecule has 1 aliphatic rings. The van der Waals surface area contributed by atoms with Crippen LogP contribution in [0.25, 0.3) is 20.5 Å². The van der Waals surface area contributed by atoms with Gasteiger partial charge in [-0.15, -0.1) is 11.3 Å². The van der Waals surface area contributed by atoms with E-state index in [1.165, 1.54) is 33.5 Å². The first-order chi connectivity index (χ1) is 15.8. The number of pyridine rings is 1. The van der Waals surface area contributed by atoms with E-state index >= 15 is 0 Å². The lowest BCUT2D eigenvalue weighted by molar-refractivity contribution is 0.0950. The molecule has 5 heteroatoms. The molecule has 1 amide bonds. The summed E-state index contributed by atoms with van der Waals surface area (Å²) in [5, 5.41) is 4.38. The maximum Gasteiger partial charge on any atom is 0.251 e. The zero-order valence-electron chi connectivity index (χ0n) is 18.0. The number of amides is 1. The Balaban J connectivity index is 1.14. The van der Waals surface area contributed by atoms with Crippen LogP contribution in [0.15, 0.2) is 79.1 Å². The molecule has 0 unspecified atom stereocenters. The van der Waals surface area contributed by atoms with Crippen molar-refractivity contribution < 1.29 is 4.79 Å². The van der Waals surface area contributed by atoms with Crippen LogP contribution in [0.1, 0.15) is 29.6 Å². The predicted octanol–water partition coefficient (Wildman–Crippen LogP) is 6.00. The van der Waals surface area contributed by atoms with E-state index in [-0.39, 0.29) is 5.91 Å². The molecule has 0 saturated carbocycles. The number of nitrogens with one attached hydrogen (secondary N) is 1. The van der Waals surface area contributed by atoms with Gasteiger partial charge in [0, 0.05) is 52.9 Å². The molecule has 0 aliphatic carbocycles. The molecule has 32 heavy (non-hydrogen) atoms. The Morgan fingerprint density at radius 2 is 1.81 bits per heavy atom. The minimum absolute atomic E-state index is 0.0159. The number of aromatic nitrogens is 1. The molecule has 4 nitrogen and oxygen atoms in total. The average Bonchev–Trinajstić information content (AvgIpc) is 3.30. The van der Waals surface area contributed by atoms with E-state index in [2.05, 4.69) is 63.7 Å². The third kappa shape index (κ3) is 4.68. The number of piperidine rings is 1. The quantitative estimate of drug-likeness (QED) is 0.399. The Labute approximate surface area is 192 Å². The second-order valence-corrected chi connectivity index (χ2v) is 9.49. The summed E-state index contributed by atoms with van der Waals surface area (Å²) in [7, 11) is 0. The summed E-state index contributed by atoms with van der Waals surface area (Å²) in [6.45, 7) is 2.87. The molecule has 0 atom stereocenters. The van der Waals surface area contributed by atoms with Crippen LogP contribution in [0.2, 0.25) is 0 Å². The third-order valence-electron chi connectivity index (χ3n) is 6.32. The van der Waals surface area contributed by atoms with Gasteiger partial charge in [0.15, 0.2) is 0 Å². The SMILES string of the molecule is O=C(NCCC1CCN(c2ccncc2)CC1)c1cccc(-c2cc3ccccc3s2)c1. The number of hydrogen-bond acceptors (Lipinski definition) is 4. The summed E-state index contributed by atoms with van der Waals surface area (Å²) in [6.07, 6.45) is 7.07. The van der Waals surface area contributed by atoms with Crippen LogP contribution >= 0.6 is 11.3 Å². The maximum atomic E-state index is 12.8. The Hall–Kier alpha value is -3.18. The highest BCUT2D eigenvalue weighted by molar-refractivity contribution is 7.22. The molecule has 2 aromatic carbocycles. The Morgan fingerprint density at radius 1 is 1.00 bits per heavy atom. The molecular formula is C27H27N3OS. The van der Waals surface area contributed by atoms with E-state index < -0.39 is 0 Å². The van der Waals surface area contributed by atoms with E-state index in [1.54, 1.807) is 11.3 Å². The zero-order chi connectivity index (χ0) is 21.8. The normalized spacial score (nSPS) is 14.6. The predicted molar refractivity (Wildman–Crippen MR) is 133 cm³/mol. The monoisotopic (exact) mass is 441 g/mol. The second kappa shape index (κ2) is 9.53. The van der Waals surface area contributed by atoms with Gasteiger partial charge in [-0.2, -0.15) is 0 Å². The van der Waals surface area contributed by atoms with Crippen molar-refractivity contribution in [2.75, 3.05) is 24.5 Å². The minimum Gasteiger partial charge on any atom is -0.371 e. The summed E-state index contributed by atoms with van der Waals surface area (Å²) in [4.78, 5) is 20.5. The lowest BCUT2D eigenvalue weighted by Gasteiger charge is -2.33. The summed E-state index contributed by atoms with van der Waals surface area (Å²) < 4.78 is 1.27. The van der Waals surface area contributed by atoms with E-state index in [1.807, 2.05) is 30.6 Å². The maximum absolute atomic E-state index is 12.8. The summed E-state index contributed by atoms with van der Waals surface area (Å²) in [5.41, 5.74) is 3.08. The molecule has 0 bridgehead atoms. The molecule has 3 heterocycles. The van der Waals surface area contributed by atoms with Gasteiger partial charge in [-0.3, -0.25) is 9.78 Å². The summed E-state index contributed by atoms with van der Waals surface area (Å²) in [6, 6.07) is 22.7. The molecular weight excluding hydrogens is 414 g/mol. The highest BCUT2D eigenvalue weighted by Gasteiger charge is 2.19. The van der Waals surface area contributed by atoms with E-state index in [0.29, 0.717) is 5.92 Å². The zero-order valence-corrected chi connectivity index (χ0v) is 18.9. The van der Waals surface area contributed by atoms with Crippen LogP contribution in [0, 0.1) is 5.92 Å². The fourth-order valence-corrected chi connectivity index (χ4v) is 5.52. The first-order valence-corrected chi connectivity index (χ1v) is 12.1. The van der Waals surface area contributed by atoms with Gasteiger partial charge in [-0.25, -0.2) is 0 Å². The van der Waals surface area contributed by atoms with Crippen LogP contribution in [0.5, 0.6) is 0 Å². The van der Waals surface area contributed by atoms with Gasteiger partial charge in [-0.1, -0.05) is 30.3 Å². The summed E-state index contributed by atoms with van der Waals surface area (Å²) >= 11 is 1.77. The Kier molecular flexibility index (Phi) is 6.17. The molecule has 5 rings (SSSR count). The molecule has 1 N–H and O–H groups in total. The number of benzene rings is 2. The fourth-order valence-electron chi connectivity index (χ4n) is 4.46. The first-order valence-electron chi connectivity index (χ1n) is 11.3. The van der Waals surface area contributed by atoms with Crippen LogP contribution in [-0.4, -0.2) is 30.5 Å². The topological polar surface area (TPSA) is 45.2 Å². The largest absolute Gasteiger partial charge is 0.371 e. The molecule has 0 spiro atoms. The number of fused-ring (bicyclic) bond motifs is 1. The van der Waals surface area contributed by atoms with Gasteiger partial charge in [0.1, 0.15) is 0 Å². The number of rotatable bonds is 6. The van der Waals surface area contributed by atoms with Gasteiger partial charge in [0.25, 0.3) is 5.91 Å². The number of nitrogens with zero attached hydrogens (tertiary/aromatic N) is 2. The van der Waals surface area contributed by atoms with Crippen LogP contribution in [0.4, 0.5) is 5.69 Å². The lowest BCUT2D eigenvalue weighted by Crippen LogP contribution is -2.35. The van der Waals surface area contributed by atoms with Crippen molar-refractivity contribution in [2.45, 2.75) is 19.3 Å². The number of carbonyl (C=O) groups excluding carboxylic acids is 1. The third-order valence-corrected chi connectivity index (χ3v) is 7.48. The second-order valence-electron chi connectivity index (χ2n) is 8.41. The molecule has 1 fully saturated rings. The lowest BCUT2D eigenvalue weighted by atomic mass is 9.93. The number of thiophene rings is 1. The van der Waals surface area contributed by atoms with Crippen LogP contribution < -0.4 is 10.2 Å². The van der Waals surface area contributed by atoms with Crippen molar-refractivity contribution in [3.63, 3.8) is 0 Å². The van der Waals surface area contributed by atoms with Crippen LogP contribution in [-0.2, 0) is 0 Å². The molecule has 1 aliphatic heterocycles. The van der Waals surface area contributed by atoms with Crippen molar-refractivity contribution >= 4 is 33.0 Å². The molecule has 0 radical (unpaired) electrons. The Morgan fingerprint density at radius 3 is 2.62 bits per heavy atom. The average molecular weight is 442 g/mol. The van der Waals surface area contributed by atoms with E-state index in [4.69, 9.17) is 0 Å². The number of anilines is 1. The fraction of sp³-hybridized carbons (Fsp3) is 0.259. The smallest absolute Gasteiger partial charge is 0.251 e. The van der Waals surface area contributed by atoms with Gasteiger partial charge in [0.2, 0.25) is 0 Å². The van der Waals surface area contributed by atoms with Gasteiger partial charge < -0.3 is 10.2 Å². The van der Waals surface area contributed by atoms with Gasteiger partial charge in [0.05, 0.1) is 0 Å². The number of carbonyl (C=O) groups is 1. The Bertz CT molecular complexity index is 1160. The van der Waals surface area contributed by atoms with Crippen molar-refractivity contribution in [1.82, 2.24) is 10.3 Å². The van der Waals surface area contributed by atoms with Crippen molar-refractivity contribution in [2.24, 2.45) is 5.92 Å². The number of hydrogen-bond donors (Lipinski definition) is 1. The highest BCUT2D eigenvalue weighted by Crippen LogP contribution is 2.33. The van der Waals surface area contributed by atoms with Crippen LogP contribution in [0.3, 0.4) is 0 Å². The van der Waals surface area contributed by atoms with E-state index in [0.717, 1.165) is 37.2 Å². The molecule has 4 aromatic rings.